The molecule has 0 saturated heterocycles. The van der Waals surface area contributed by atoms with E-state index in [0.29, 0.717) is 6.54 Å². The molecular formula is C17H31NO3. The SMILES string of the molecule is CCCCCCCCCCCCNC(=O)/C=C\C(=O)OC. The van der Waals surface area contributed by atoms with Crippen LogP contribution >= 0.6 is 0 Å². The number of nitrogens with one attached hydrogen (secondary N) is 1. The van der Waals surface area contributed by atoms with Gasteiger partial charge in [0.25, 0.3) is 0 Å². The lowest BCUT2D eigenvalue weighted by molar-refractivity contribution is -0.135. The molecule has 0 saturated carbocycles. The second kappa shape index (κ2) is 15.1. The van der Waals surface area contributed by atoms with Crippen LogP contribution in [0.3, 0.4) is 0 Å². The predicted octanol–water partition coefficient (Wildman–Crippen LogP) is 3.75. The number of hydrogen-bond donors (Lipinski definition) is 1. The normalized spacial score (nSPS) is 10.8. The van der Waals surface area contributed by atoms with E-state index < -0.39 is 5.97 Å². The van der Waals surface area contributed by atoms with Crippen molar-refractivity contribution in [3.05, 3.63) is 12.2 Å². The maximum absolute atomic E-state index is 11.3. The van der Waals surface area contributed by atoms with Gasteiger partial charge in [-0.2, -0.15) is 0 Å². The van der Waals surface area contributed by atoms with Crippen LogP contribution in [0.1, 0.15) is 71.1 Å². The van der Waals surface area contributed by atoms with Crippen molar-refractivity contribution < 1.29 is 14.3 Å². The summed E-state index contributed by atoms with van der Waals surface area (Å²) in [6.45, 7) is 2.91. The maximum Gasteiger partial charge on any atom is 0.330 e. The van der Waals surface area contributed by atoms with Crippen LogP contribution in [-0.4, -0.2) is 25.5 Å². The summed E-state index contributed by atoms with van der Waals surface area (Å²) in [5, 5.41) is 2.75. The molecule has 0 aliphatic carbocycles. The fourth-order valence-electron chi connectivity index (χ4n) is 2.09. The molecule has 0 radical (unpaired) electrons. The van der Waals surface area contributed by atoms with Crippen LogP contribution in [0, 0.1) is 0 Å². The molecule has 0 aromatic heterocycles. The highest BCUT2D eigenvalue weighted by atomic mass is 16.5. The monoisotopic (exact) mass is 297 g/mol. The van der Waals surface area contributed by atoms with Crippen LogP contribution in [0.25, 0.3) is 0 Å². The van der Waals surface area contributed by atoms with Gasteiger partial charge < -0.3 is 10.1 Å². The first kappa shape index (κ1) is 19.7. The van der Waals surface area contributed by atoms with Gasteiger partial charge in [-0.05, 0) is 6.42 Å². The van der Waals surface area contributed by atoms with Crippen LogP contribution in [0.5, 0.6) is 0 Å². The van der Waals surface area contributed by atoms with Crippen molar-refractivity contribution in [2.24, 2.45) is 0 Å². The van der Waals surface area contributed by atoms with Gasteiger partial charge in [-0.1, -0.05) is 64.7 Å². The van der Waals surface area contributed by atoms with Gasteiger partial charge >= 0.3 is 5.97 Å². The summed E-state index contributed by atoms with van der Waals surface area (Å²) in [4.78, 5) is 22.1. The quantitative estimate of drug-likeness (QED) is 0.320. The van der Waals surface area contributed by atoms with Gasteiger partial charge in [0.2, 0.25) is 5.91 Å². The van der Waals surface area contributed by atoms with Crippen LogP contribution in [0.2, 0.25) is 0 Å². The fraction of sp³-hybridized carbons (Fsp3) is 0.765. The number of rotatable bonds is 13. The molecule has 1 N–H and O–H groups in total. The molecule has 4 heteroatoms. The van der Waals surface area contributed by atoms with Gasteiger partial charge in [-0.15, -0.1) is 0 Å². The fourth-order valence-corrected chi connectivity index (χ4v) is 2.09. The minimum atomic E-state index is -0.510. The molecule has 0 aliphatic rings. The summed E-state index contributed by atoms with van der Waals surface area (Å²) in [6, 6.07) is 0. The van der Waals surface area contributed by atoms with E-state index in [1.54, 1.807) is 0 Å². The Bertz CT molecular complexity index is 300. The van der Waals surface area contributed by atoms with Crippen LogP contribution < -0.4 is 5.32 Å². The Morgan fingerprint density at radius 3 is 1.90 bits per heavy atom. The third-order valence-corrected chi connectivity index (χ3v) is 3.40. The van der Waals surface area contributed by atoms with Crippen molar-refractivity contribution in [2.75, 3.05) is 13.7 Å². The van der Waals surface area contributed by atoms with Gasteiger partial charge in [-0.25, -0.2) is 4.79 Å². The average molecular weight is 297 g/mol. The zero-order chi connectivity index (χ0) is 15.8. The number of ether oxygens (including phenoxy) is 1. The first-order chi connectivity index (χ1) is 10.2. The molecule has 4 nitrogen and oxygen atoms in total. The number of esters is 1. The molecule has 1 amide bonds. The van der Waals surface area contributed by atoms with Gasteiger partial charge in [0.1, 0.15) is 0 Å². The van der Waals surface area contributed by atoms with E-state index >= 15 is 0 Å². The lowest BCUT2D eigenvalue weighted by Crippen LogP contribution is -2.22. The van der Waals surface area contributed by atoms with Crippen LogP contribution in [-0.2, 0) is 14.3 Å². The molecule has 0 rings (SSSR count). The highest BCUT2D eigenvalue weighted by Gasteiger charge is 1.97. The summed E-state index contributed by atoms with van der Waals surface area (Å²) in [5.74, 6) is -0.750. The standard InChI is InChI=1S/C17H31NO3/c1-3-4-5-6-7-8-9-10-11-12-15-18-16(19)13-14-17(20)21-2/h13-14H,3-12,15H2,1-2H3,(H,18,19)/b14-13-. The minimum Gasteiger partial charge on any atom is -0.466 e. The topological polar surface area (TPSA) is 55.4 Å². The summed E-state index contributed by atoms with van der Waals surface area (Å²) < 4.78 is 4.41. The Labute approximate surface area is 129 Å². The molecule has 0 atom stereocenters. The summed E-state index contributed by atoms with van der Waals surface area (Å²) >= 11 is 0. The van der Waals surface area contributed by atoms with Crippen molar-refractivity contribution in [1.29, 1.82) is 0 Å². The van der Waals surface area contributed by atoms with Crippen LogP contribution in [0.15, 0.2) is 12.2 Å². The van der Waals surface area contributed by atoms with Crippen LogP contribution in [0.4, 0.5) is 0 Å². The molecule has 0 aromatic carbocycles. The number of methoxy groups -OCH3 is 1. The second-order valence-corrected chi connectivity index (χ2v) is 5.33. The smallest absolute Gasteiger partial charge is 0.330 e. The number of amides is 1. The maximum atomic E-state index is 11.3. The van der Waals surface area contributed by atoms with E-state index in [0.717, 1.165) is 18.9 Å². The molecule has 0 aliphatic heterocycles. The van der Waals surface area contributed by atoms with E-state index in [1.165, 1.54) is 64.6 Å². The predicted molar refractivity (Wildman–Crippen MR) is 86.0 cm³/mol. The van der Waals surface area contributed by atoms with Gasteiger partial charge in [0.05, 0.1) is 7.11 Å². The first-order valence-electron chi connectivity index (χ1n) is 8.24. The highest BCUT2D eigenvalue weighted by Crippen LogP contribution is 2.10. The van der Waals surface area contributed by atoms with E-state index in [-0.39, 0.29) is 5.91 Å². The third kappa shape index (κ3) is 14.9. The van der Waals surface area contributed by atoms with Crippen molar-refractivity contribution in [1.82, 2.24) is 5.32 Å². The summed E-state index contributed by atoms with van der Waals surface area (Å²) in [5.41, 5.74) is 0. The Hall–Kier alpha value is -1.32. The van der Waals surface area contributed by atoms with Gasteiger partial charge in [-0.3, -0.25) is 4.79 Å². The van der Waals surface area contributed by atoms with Crippen molar-refractivity contribution in [2.45, 2.75) is 71.1 Å². The van der Waals surface area contributed by atoms with Crippen molar-refractivity contribution >= 4 is 11.9 Å². The van der Waals surface area contributed by atoms with Crippen molar-refractivity contribution in [3.8, 4) is 0 Å². The van der Waals surface area contributed by atoms with Crippen molar-refractivity contribution in [3.63, 3.8) is 0 Å². The lowest BCUT2D eigenvalue weighted by atomic mass is 10.1. The van der Waals surface area contributed by atoms with E-state index in [4.69, 9.17) is 0 Å². The largest absolute Gasteiger partial charge is 0.466 e. The Morgan fingerprint density at radius 2 is 1.38 bits per heavy atom. The first-order valence-corrected chi connectivity index (χ1v) is 8.24. The molecule has 0 spiro atoms. The van der Waals surface area contributed by atoms with E-state index in [9.17, 15) is 9.59 Å². The average Bonchev–Trinajstić information content (AvgIpc) is 2.50. The third-order valence-electron chi connectivity index (χ3n) is 3.40. The molecule has 122 valence electrons. The molecule has 21 heavy (non-hydrogen) atoms. The lowest BCUT2D eigenvalue weighted by Gasteiger charge is -2.03. The van der Waals surface area contributed by atoms with E-state index in [1.807, 2.05) is 0 Å². The molecule has 0 aromatic rings. The van der Waals surface area contributed by atoms with E-state index in [2.05, 4.69) is 17.0 Å². The minimum absolute atomic E-state index is 0.240. The summed E-state index contributed by atoms with van der Waals surface area (Å²) in [6.07, 6.45) is 15.1. The zero-order valence-corrected chi connectivity index (χ0v) is 13.7. The Balaban J connectivity index is 3.27. The Kier molecular flexibility index (Phi) is 14.1. The molecule has 0 unspecified atom stereocenters. The second-order valence-electron chi connectivity index (χ2n) is 5.33. The van der Waals surface area contributed by atoms with Gasteiger partial charge in [0, 0.05) is 18.7 Å². The number of hydrogen-bond acceptors (Lipinski definition) is 3. The Morgan fingerprint density at radius 1 is 0.857 bits per heavy atom. The number of carbonyl (C=O) groups is 2. The number of unbranched alkanes of at least 4 members (excludes halogenated alkanes) is 9. The number of carbonyl (C=O) groups excluding carboxylic acids is 2. The molecule has 0 heterocycles. The summed E-state index contributed by atoms with van der Waals surface area (Å²) in [7, 11) is 1.29. The molecule has 0 fully saturated rings. The molecular weight excluding hydrogens is 266 g/mol. The zero-order valence-electron chi connectivity index (χ0n) is 13.7. The highest BCUT2D eigenvalue weighted by molar-refractivity contribution is 5.94. The van der Waals surface area contributed by atoms with Gasteiger partial charge in [0.15, 0.2) is 0 Å². The molecule has 0 bridgehead atoms.